The lowest BCUT2D eigenvalue weighted by molar-refractivity contribution is -0.358. The number of rotatable bonds is 20. The van der Waals surface area contributed by atoms with Gasteiger partial charge in [0.15, 0.2) is 31.4 Å². The van der Waals surface area contributed by atoms with E-state index >= 15 is 0 Å². The molecule has 4 amide bonds. The van der Waals surface area contributed by atoms with Crippen LogP contribution in [0.25, 0.3) is 0 Å². The lowest BCUT2D eigenvalue weighted by Gasteiger charge is -2.51. The van der Waals surface area contributed by atoms with Crippen molar-refractivity contribution < 1.29 is 106 Å². The number of ether oxygens (including phenoxy) is 13. The van der Waals surface area contributed by atoms with Crippen molar-refractivity contribution >= 4 is 24.4 Å². The van der Waals surface area contributed by atoms with Gasteiger partial charge in [0.1, 0.15) is 106 Å². The Bertz CT molecular complexity index is 3460. The molecule has 10 N–H and O–H groups in total. The van der Waals surface area contributed by atoms with Crippen molar-refractivity contribution in [2.45, 2.75) is 162 Å². The number of carbonyl (C=O) groups excluding carboxylic acids is 4. The summed E-state index contributed by atoms with van der Waals surface area (Å²) in [6.07, 6.45) is -29.5. The molecule has 0 bridgehead atoms. The number of carbonyl (C=O) groups is 4. The zero-order valence-corrected chi connectivity index (χ0v) is 51.8. The van der Waals surface area contributed by atoms with E-state index in [1.165, 1.54) is 4.90 Å². The number of aliphatic hydroxyl groups excluding tert-OH is 5. The maximum absolute atomic E-state index is 14.2. The molecule has 0 aromatic heterocycles. The summed E-state index contributed by atoms with van der Waals surface area (Å²) in [5, 5.41) is 68.8. The van der Waals surface area contributed by atoms with Crippen LogP contribution in [-0.2, 0) is 88.0 Å². The first kappa shape index (κ1) is 67.8. The first-order chi connectivity index (χ1) is 46.7. The minimum absolute atomic E-state index is 0.0958. The van der Waals surface area contributed by atoms with Crippen LogP contribution in [0.5, 0.6) is 0 Å². The molecule has 6 fully saturated rings. The van der Waals surface area contributed by atoms with Gasteiger partial charge < -0.3 is 109 Å². The summed E-state index contributed by atoms with van der Waals surface area (Å²) in [7, 11) is 0. The van der Waals surface area contributed by atoms with Gasteiger partial charge in [-0.25, -0.2) is 19.2 Å². The molecule has 5 aliphatic heterocycles. The fourth-order valence-electron chi connectivity index (χ4n) is 12.5. The Balaban J connectivity index is 0.824. The first-order valence-electron chi connectivity index (χ1n) is 31.7. The summed E-state index contributed by atoms with van der Waals surface area (Å²) in [6.45, 7) is -1.88. The quantitative estimate of drug-likeness (QED) is 0.0483. The maximum Gasteiger partial charge on any atom is 0.412 e. The highest BCUT2D eigenvalue weighted by atomic mass is 16.8. The zero-order valence-electron chi connectivity index (χ0n) is 51.8. The first-order valence-corrected chi connectivity index (χ1v) is 31.7. The van der Waals surface area contributed by atoms with Crippen LogP contribution < -0.4 is 21.7 Å². The van der Waals surface area contributed by atoms with Gasteiger partial charge >= 0.3 is 24.4 Å². The Kier molecular flexibility index (Phi) is 22.4. The highest BCUT2D eigenvalue weighted by Gasteiger charge is 2.59. The second kappa shape index (κ2) is 31.8. The van der Waals surface area contributed by atoms with Gasteiger partial charge in [0.05, 0.1) is 31.9 Å². The van der Waals surface area contributed by atoms with E-state index in [1.807, 2.05) is 12.1 Å². The van der Waals surface area contributed by atoms with Gasteiger partial charge in [-0.1, -0.05) is 182 Å². The predicted molar refractivity (Wildman–Crippen MR) is 332 cm³/mol. The Morgan fingerprint density at radius 2 is 0.906 bits per heavy atom. The summed E-state index contributed by atoms with van der Waals surface area (Å²) in [5.74, 6) is 0. The van der Waals surface area contributed by atoms with Crippen LogP contribution >= 0.6 is 0 Å². The molecule has 2 unspecified atom stereocenters. The van der Waals surface area contributed by atoms with Crippen molar-refractivity contribution in [2.75, 3.05) is 19.8 Å². The summed E-state index contributed by atoms with van der Waals surface area (Å²) in [6, 6.07) is 47.6. The second-order valence-electron chi connectivity index (χ2n) is 24.0. The Morgan fingerprint density at radius 1 is 0.469 bits per heavy atom. The van der Waals surface area contributed by atoms with E-state index in [2.05, 4.69) is 16.0 Å². The molecule has 12 rings (SSSR count). The SMILES string of the molecule is N[C@@H]1C[C@H](NC(=O)OCc2ccccc2)[C@@H](O[C@H]2O[C@@H]3COC(c4ccccc4)O[C@H]3[C@@H](O)[C@H]2NC(=O)OCc2ccccc2)[C@H](O[C@@H]2O[C@H](CO)[C@@H](O[C@H]3O[C@H]4CN(C(=O)OCc5ccccc5)C(c5ccccc5)O[C@H]4[C@H](O)[C@H]3NC(=O)OCc3ccccc3)[C@H]2O)[C@H]1O. The molecule has 96 heavy (non-hydrogen) atoms. The molecule has 510 valence electrons. The maximum atomic E-state index is 14.2. The number of hydrogen-bond donors (Lipinski definition) is 9. The van der Waals surface area contributed by atoms with Gasteiger partial charge in [0.25, 0.3) is 0 Å². The summed E-state index contributed by atoms with van der Waals surface area (Å²) >= 11 is 0. The van der Waals surface area contributed by atoms with Crippen molar-refractivity contribution in [1.82, 2.24) is 20.9 Å². The highest BCUT2D eigenvalue weighted by Crippen LogP contribution is 2.41. The number of aliphatic hydroxyl groups is 5. The number of nitrogens with one attached hydrogen (secondary N) is 3. The Morgan fingerprint density at radius 3 is 1.42 bits per heavy atom. The van der Waals surface area contributed by atoms with Crippen LogP contribution in [0.1, 0.15) is 52.3 Å². The third-order valence-electron chi connectivity index (χ3n) is 17.5. The molecule has 27 heteroatoms. The molecule has 21 atom stereocenters. The number of amides is 4. The third-order valence-corrected chi connectivity index (χ3v) is 17.5. The lowest BCUT2D eigenvalue weighted by Crippen LogP contribution is -2.70. The molecule has 6 aliphatic rings. The van der Waals surface area contributed by atoms with E-state index in [4.69, 9.17) is 67.3 Å². The number of hydrogen-bond acceptors (Lipinski definition) is 23. The van der Waals surface area contributed by atoms with Crippen molar-refractivity contribution in [3.63, 3.8) is 0 Å². The Hall–Kier alpha value is -8.20. The Labute approximate surface area is 552 Å². The normalized spacial score (nSPS) is 32.5. The molecule has 0 spiro atoms. The molecule has 0 radical (unpaired) electrons. The van der Waals surface area contributed by atoms with E-state index in [0.717, 1.165) is 0 Å². The van der Waals surface area contributed by atoms with Gasteiger partial charge in [-0.15, -0.1) is 0 Å². The smallest absolute Gasteiger partial charge is 0.412 e. The number of fused-ring (bicyclic) bond motifs is 2. The van der Waals surface area contributed by atoms with E-state index in [1.54, 1.807) is 170 Å². The minimum Gasteiger partial charge on any atom is -0.445 e. The van der Waals surface area contributed by atoms with E-state index in [-0.39, 0.29) is 46.0 Å². The fraction of sp³-hybridized carbons (Fsp3) is 0.420. The number of nitrogens with zero attached hydrogens (tertiary/aromatic N) is 1. The summed E-state index contributed by atoms with van der Waals surface area (Å²) < 4.78 is 81.0. The van der Waals surface area contributed by atoms with Crippen LogP contribution in [0, 0.1) is 0 Å². The molecule has 5 saturated heterocycles. The van der Waals surface area contributed by atoms with Gasteiger partial charge in [-0.05, 0) is 28.7 Å². The number of nitrogens with two attached hydrogens (primary N) is 1. The largest absolute Gasteiger partial charge is 0.445 e. The van der Waals surface area contributed by atoms with Crippen LogP contribution in [0.2, 0.25) is 0 Å². The van der Waals surface area contributed by atoms with Crippen LogP contribution in [0.15, 0.2) is 182 Å². The van der Waals surface area contributed by atoms with Gasteiger partial charge in [0.2, 0.25) is 0 Å². The number of alkyl carbamates (subject to hydrolysis) is 3. The highest BCUT2D eigenvalue weighted by molar-refractivity contribution is 5.70. The van der Waals surface area contributed by atoms with Gasteiger partial charge in [-0.2, -0.15) is 0 Å². The van der Waals surface area contributed by atoms with Crippen molar-refractivity contribution in [3.8, 4) is 0 Å². The van der Waals surface area contributed by atoms with Gasteiger partial charge in [-0.3, -0.25) is 4.90 Å². The van der Waals surface area contributed by atoms with Gasteiger partial charge in [0, 0.05) is 17.2 Å². The topological polar surface area (TPSA) is 355 Å². The van der Waals surface area contributed by atoms with Crippen LogP contribution in [0.3, 0.4) is 0 Å². The molecular weight excluding hydrogens is 1250 g/mol. The predicted octanol–water partition coefficient (Wildman–Crippen LogP) is 4.22. The molecule has 6 aromatic carbocycles. The molecule has 1 aliphatic carbocycles. The van der Waals surface area contributed by atoms with E-state index in [9.17, 15) is 44.7 Å². The zero-order chi connectivity index (χ0) is 66.7. The average Bonchev–Trinajstić information content (AvgIpc) is 1.03. The average molecular weight is 1330 g/mol. The molecule has 1 saturated carbocycles. The second-order valence-corrected chi connectivity index (χ2v) is 24.0. The van der Waals surface area contributed by atoms with Crippen LogP contribution in [-0.4, -0.2) is 191 Å². The summed E-state index contributed by atoms with van der Waals surface area (Å²) in [4.78, 5) is 57.1. The minimum atomic E-state index is -1.94. The van der Waals surface area contributed by atoms with Crippen molar-refractivity contribution in [2.24, 2.45) is 5.73 Å². The standard InChI is InChI=1S/C69H77N5O22/c70-45-31-46(71-66(80)85-34-39-19-7-1-8-20-39)56(93-64-51(73-68(82)87-36-41-23-11-3-12-24-41)54(78)59-49(91-64)38-84-62(94-59)44-29-17-6-18-30-44)60(52(45)76)96-65-55(79)58(48(33-75)90-65)95-63-50(72-67(81)86-35-40-21-9-2-10-22-40)53(77)57-47(89-63)32-74(61(92-57)43-27-15-5-16-28-43)69(83)88-37-42-25-13-4-14-26-42/h1-30,45-65,75-79H,31-38,70H2,(H,71,80)(H,72,81)(H,73,82)/t45-,46+,47+,48-,49-,50-,51-,52+,53-,54+,55-,56-,57-,58-,59-,60-,61?,62?,63-,64-,65+/m1/s1. The monoisotopic (exact) mass is 1330 g/mol. The van der Waals surface area contributed by atoms with Crippen LogP contribution in [0.4, 0.5) is 19.2 Å². The number of benzene rings is 6. The van der Waals surface area contributed by atoms with E-state index in [0.29, 0.717) is 33.4 Å². The van der Waals surface area contributed by atoms with E-state index < -0.39 is 160 Å². The molecule has 6 aromatic rings. The molecular formula is C69H77N5O22. The fourth-order valence-corrected chi connectivity index (χ4v) is 12.5. The summed E-state index contributed by atoms with van der Waals surface area (Å²) in [5.41, 5.74) is 10.5. The molecule has 27 nitrogen and oxygen atoms in total. The lowest BCUT2D eigenvalue weighted by atomic mass is 9.83. The third kappa shape index (κ3) is 16.3. The van der Waals surface area contributed by atoms with Crippen molar-refractivity contribution in [3.05, 3.63) is 215 Å². The van der Waals surface area contributed by atoms with Crippen molar-refractivity contribution in [1.29, 1.82) is 0 Å². The molecule has 5 heterocycles.